The minimum Gasteiger partial charge on any atom is -0.373 e. The topological polar surface area (TPSA) is 36.9 Å². The molecular weight excluding hydrogens is 388 g/mol. The van der Waals surface area contributed by atoms with Gasteiger partial charge in [-0.15, -0.1) is 0 Å². The van der Waals surface area contributed by atoms with E-state index in [2.05, 4.69) is 36.4 Å². The van der Waals surface area contributed by atoms with Gasteiger partial charge in [-0.3, -0.25) is 0 Å². The smallest absolute Gasteiger partial charge is 0.115 e. The van der Waals surface area contributed by atoms with Crippen molar-refractivity contribution in [2.24, 2.45) is 0 Å². The highest BCUT2D eigenvalue weighted by Crippen LogP contribution is 2.26. The van der Waals surface area contributed by atoms with Gasteiger partial charge in [0, 0.05) is 0 Å². The number of hydrogen-bond acceptors (Lipinski definition) is 4. The summed E-state index contributed by atoms with van der Waals surface area (Å²) in [7, 11) is 0. The summed E-state index contributed by atoms with van der Waals surface area (Å²) in [6, 6.07) is 30.6. The lowest BCUT2D eigenvalue weighted by Gasteiger charge is -2.41. The van der Waals surface area contributed by atoms with Crippen molar-refractivity contribution in [3.05, 3.63) is 108 Å². The quantitative estimate of drug-likeness (QED) is 0.481. The van der Waals surface area contributed by atoms with E-state index < -0.39 is 0 Å². The van der Waals surface area contributed by atoms with Crippen LogP contribution < -0.4 is 0 Å². The van der Waals surface area contributed by atoms with Crippen LogP contribution in [0.3, 0.4) is 0 Å². The monoisotopic (exact) mass is 418 g/mol. The molecule has 4 nitrogen and oxygen atoms in total. The molecule has 3 aromatic rings. The van der Waals surface area contributed by atoms with E-state index in [0.717, 1.165) is 16.7 Å². The number of benzene rings is 3. The molecule has 0 amide bonds. The molecule has 3 unspecified atom stereocenters. The molecule has 1 saturated heterocycles. The van der Waals surface area contributed by atoms with E-state index in [1.807, 2.05) is 61.5 Å². The minimum absolute atomic E-state index is 0.0824. The molecule has 0 spiro atoms. The molecule has 3 aromatic carbocycles. The first-order valence-corrected chi connectivity index (χ1v) is 10.9. The zero-order chi connectivity index (χ0) is 21.3. The maximum Gasteiger partial charge on any atom is 0.115 e. The summed E-state index contributed by atoms with van der Waals surface area (Å²) in [5.41, 5.74) is 3.39. The van der Waals surface area contributed by atoms with Crippen molar-refractivity contribution < 1.29 is 18.9 Å². The van der Waals surface area contributed by atoms with Crippen LogP contribution in [-0.2, 0) is 38.8 Å². The molecule has 1 aliphatic heterocycles. The summed E-state index contributed by atoms with van der Waals surface area (Å²) >= 11 is 0. The van der Waals surface area contributed by atoms with Gasteiger partial charge in [0.25, 0.3) is 0 Å². The largest absolute Gasteiger partial charge is 0.373 e. The average molecular weight is 419 g/mol. The van der Waals surface area contributed by atoms with Crippen LogP contribution in [0.4, 0.5) is 0 Å². The third-order valence-corrected chi connectivity index (χ3v) is 5.55. The second-order valence-corrected chi connectivity index (χ2v) is 7.90. The first-order valence-electron chi connectivity index (χ1n) is 10.9. The van der Waals surface area contributed by atoms with Crippen LogP contribution in [-0.4, -0.2) is 31.0 Å². The summed E-state index contributed by atoms with van der Waals surface area (Å²) in [5, 5.41) is 0. The molecule has 31 heavy (non-hydrogen) atoms. The molecule has 0 aliphatic carbocycles. The molecule has 1 fully saturated rings. The van der Waals surface area contributed by atoms with Gasteiger partial charge in [-0.2, -0.15) is 0 Å². The van der Waals surface area contributed by atoms with Crippen molar-refractivity contribution in [1.82, 2.24) is 0 Å². The molecule has 4 heteroatoms. The third kappa shape index (κ3) is 6.25. The molecule has 1 heterocycles. The predicted molar refractivity (Wildman–Crippen MR) is 120 cm³/mol. The van der Waals surface area contributed by atoms with Crippen LogP contribution in [0.2, 0.25) is 0 Å². The fourth-order valence-corrected chi connectivity index (χ4v) is 3.80. The number of rotatable bonds is 9. The van der Waals surface area contributed by atoms with Crippen LogP contribution in [0.25, 0.3) is 0 Å². The Morgan fingerprint density at radius 1 is 0.613 bits per heavy atom. The molecule has 4 atom stereocenters. The Kier molecular flexibility index (Phi) is 7.86. The standard InChI is InChI=1S/C27H30O4/c1-21-26(30-18-23-13-7-3-8-14-23)27(31-19-24-15-9-4-10-16-24)25(20-28-21)29-17-22-11-5-2-6-12-22/h2-16,21,25-27H,17-20H2,1H3/t21?,25?,26-,27?/m0/s1. The van der Waals surface area contributed by atoms with Crippen LogP contribution in [0.1, 0.15) is 23.6 Å². The lowest BCUT2D eigenvalue weighted by atomic mass is 10.00. The summed E-state index contributed by atoms with van der Waals surface area (Å²) in [4.78, 5) is 0. The Hall–Kier alpha value is -2.50. The van der Waals surface area contributed by atoms with Gasteiger partial charge < -0.3 is 18.9 Å². The highest BCUT2D eigenvalue weighted by molar-refractivity contribution is 5.15. The molecule has 0 N–H and O–H groups in total. The van der Waals surface area contributed by atoms with Crippen molar-refractivity contribution in [3.63, 3.8) is 0 Å². The van der Waals surface area contributed by atoms with Crippen LogP contribution in [0.15, 0.2) is 91.0 Å². The second-order valence-electron chi connectivity index (χ2n) is 7.90. The maximum absolute atomic E-state index is 6.41. The van der Waals surface area contributed by atoms with E-state index in [-0.39, 0.29) is 24.4 Å². The van der Waals surface area contributed by atoms with Gasteiger partial charge in [0.1, 0.15) is 18.3 Å². The summed E-state index contributed by atoms with van der Waals surface area (Å²) in [6.45, 7) is 4.06. The molecule has 0 saturated carbocycles. The van der Waals surface area contributed by atoms with Gasteiger partial charge >= 0.3 is 0 Å². The Morgan fingerprint density at radius 3 is 1.52 bits per heavy atom. The molecule has 162 valence electrons. The van der Waals surface area contributed by atoms with Crippen LogP contribution in [0.5, 0.6) is 0 Å². The van der Waals surface area contributed by atoms with Crippen molar-refractivity contribution in [1.29, 1.82) is 0 Å². The van der Waals surface area contributed by atoms with Crippen molar-refractivity contribution in [2.75, 3.05) is 6.61 Å². The Labute approximate surface area is 184 Å². The van der Waals surface area contributed by atoms with Crippen LogP contribution in [0, 0.1) is 0 Å². The van der Waals surface area contributed by atoms with Crippen molar-refractivity contribution in [2.45, 2.75) is 51.2 Å². The summed E-state index contributed by atoms with van der Waals surface area (Å²) < 4.78 is 25.0. The Morgan fingerprint density at radius 2 is 1.03 bits per heavy atom. The third-order valence-electron chi connectivity index (χ3n) is 5.55. The average Bonchev–Trinajstić information content (AvgIpc) is 2.83. The fourth-order valence-electron chi connectivity index (χ4n) is 3.80. The van der Waals surface area contributed by atoms with E-state index in [1.165, 1.54) is 0 Å². The predicted octanol–water partition coefficient (Wildman–Crippen LogP) is 5.16. The molecule has 0 bridgehead atoms. The van der Waals surface area contributed by atoms with E-state index in [0.29, 0.717) is 26.4 Å². The van der Waals surface area contributed by atoms with Crippen molar-refractivity contribution in [3.8, 4) is 0 Å². The van der Waals surface area contributed by atoms with E-state index in [4.69, 9.17) is 18.9 Å². The zero-order valence-electron chi connectivity index (χ0n) is 17.9. The number of ether oxygens (including phenoxy) is 4. The highest BCUT2D eigenvalue weighted by Gasteiger charge is 2.41. The minimum atomic E-state index is -0.226. The summed E-state index contributed by atoms with van der Waals surface area (Å²) in [6.07, 6.45) is -0.739. The van der Waals surface area contributed by atoms with Gasteiger partial charge in [0.2, 0.25) is 0 Å². The molecule has 0 radical (unpaired) electrons. The maximum atomic E-state index is 6.41. The normalized spacial score (nSPS) is 23.5. The second kappa shape index (κ2) is 11.2. The molecule has 1 aliphatic rings. The first-order chi connectivity index (χ1) is 15.3. The van der Waals surface area contributed by atoms with E-state index in [9.17, 15) is 0 Å². The Bertz CT molecular complexity index is 885. The van der Waals surface area contributed by atoms with Gasteiger partial charge in [0.05, 0.1) is 32.5 Å². The first kappa shape index (κ1) is 21.7. The van der Waals surface area contributed by atoms with Gasteiger partial charge in [-0.25, -0.2) is 0 Å². The van der Waals surface area contributed by atoms with Gasteiger partial charge in [-0.1, -0.05) is 91.0 Å². The Balaban J connectivity index is 1.46. The number of hydrogen-bond donors (Lipinski definition) is 0. The highest BCUT2D eigenvalue weighted by atomic mass is 16.6. The van der Waals surface area contributed by atoms with Gasteiger partial charge in [-0.05, 0) is 23.6 Å². The molecular formula is C27H30O4. The van der Waals surface area contributed by atoms with Gasteiger partial charge in [0.15, 0.2) is 0 Å². The lowest BCUT2D eigenvalue weighted by molar-refractivity contribution is -0.234. The SMILES string of the molecule is CC1OCC(OCc2ccccc2)C(OCc2ccccc2)[C@H]1OCc1ccccc1. The van der Waals surface area contributed by atoms with Crippen molar-refractivity contribution >= 4 is 0 Å². The molecule has 0 aromatic heterocycles. The molecule has 4 rings (SSSR count). The van der Waals surface area contributed by atoms with E-state index >= 15 is 0 Å². The fraction of sp³-hybridized carbons (Fsp3) is 0.333. The van der Waals surface area contributed by atoms with Crippen LogP contribution >= 0.6 is 0 Å². The lowest BCUT2D eigenvalue weighted by Crippen LogP contribution is -2.55. The zero-order valence-corrected chi connectivity index (χ0v) is 17.9. The van der Waals surface area contributed by atoms with E-state index in [1.54, 1.807) is 0 Å². The summed E-state index contributed by atoms with van der Waals surface area (Å²) in [5.74, 6) is 0.